The molecule has 0 N–H and O–H groups in total. The van der Waals surface area contributed by atoms with Crippen LogP contribution in [0.3, 0.4) is 0 Å². The second kappa shape index (κ2) is 13.9. The Morgan fingerprint density at radius 1 is 0.283 bits per heavy atom. The monoisotopic (exact) mass is 763 g/mol. The van der Waals surface area contributed by atoms with Crippen molar-refractivity contribution in [2.24, 2.45) is 0 Å². The molecule has 12 aromatic rings. The van der Waals surface area contributed by atoms with Crippen molar-refractivity contribution in [1.29, 1.82) is 0 Å². The molecule has 0 saturated heterocycles. The molecule has 0 bridgehead atoms. The first kappa shape index (κ1) is 34.1. The lowest BCUT2D eigenvalue weighted by atomic mass is 9.97. The van der Waals surface area contributed by atoms with Crippen LogP contribution in [0.5, 0.6) is 0 Å². The van der Waals surface area contributed by atoms with Crippen molar-refractivity contribution in [3.05, 3.63) is 224 Å². The Hall–Kier alpha value is -7.94. The highest BCUT2D eigenvalue weighted by atomic mass is 16.3. The van der Waals surface area contributed by atoms with E-state index >= 15 is 0 Å². The molecule has 2 heteroatoms. The maximum Gasteiger partial charge on any atom is 0.143 e. The third-order valence-electron chi connectivity index (χ3n) is 12.2. The molecule has 1 aromatic heterocycles. The third-order valence-corrected chi connectivity index (χ3v) is 12.2. The van der Waals surface area contributed by atoms with Crippen LogP contribution in [0.25, 0.3) is 98.4 Å². The third kappa shape index (κ3) is 5.73. The fourth-order valence-corrected chi connectivity index (χ4v) is 9.20. The molecule has 0 aliphatic heterocycles. The van der Waals surface area contributed by atoms with Crippen LogP contribution in [0.1, 0.15) is 0 Å². The van der Waals surface area contributed by atoms with Crippen LogP contribution in [0, 0.1) is 0 Å². The van der Waals surface area contributed by atoms with Gasteiger partial charge in [-0.3, -0.25) is 0 Å². The van der Waals surface area contributed by atoms with Crippen molar-refractivity contribution in [3.63, 3.8) is 0 Å². The fourth-order valence-electron chi connectivity index (χ4n) is 9.20. The summed E-state index contributed by atoms with van der Waals surface area (Å²) in [6, 6.07) is 81.3. The van der Waals surface area contributed by atoms with Gasteiger partial charge in [-0.15, -0.1) is 0 Å². The van der Waals surface area contributed by atoms with E-state index in [0.717, 1.165) is 55.5 Å². The Labute approximate surface area is 347 Å². The SMILES string of the molecule is c1ccc2cc(-c3ccc(N(c4ccc(-c5ccc6c(ccc7ccccc76)c5)cc4)c4ccc(-c5cccc6oc7c8ccccc8ccc7c56)cc4)cc3)ccc2c1. The molecule has 280 valence electrons. The van der Waals surface area contributed by atoms with Gasteiger partial charge in [0, 0.05) is 33.2 Å². The lowest BCUT2D eigenvalue weighted by Crippen LogP contribution is -2.09. The normalized spacial score (nSPS) is 11.7. The maximum atomic E-state index is 6.54. The first-order chi connectivity index (χ1) is 29.7. The highest BCUT2D eigenvalue weighted by Crippen LogP contribution is 2.42. The summed E-state index contributed by atoms with van der Waals surface area (Å²) in [6.07, 6.45) is 0. The zero-order valence-corrected chi connectivity index (χ0v) is 32.7. The summed E-state index contributed by atoms with van der Waals surface area (Å²) in [6.45, 7) is 0. The van der Waals surface area contributed by atoms with E-state index in [1.165, 1.54) is 60.0 Å². The first-order valence-electron chi connectivity index (χ1n) is 20.6. The number of nitrogens with zero attached hydrogens (tertiary/aromatic N) is 1. The molecule has 12 rings (SSSR count). The summed E-state index contributed by atoms with van der Waals surface area (Å²) in [5.41, 5.74) is 12.2. The summed E-state index contributed by atoms with van der Waals surface area (Å²) < 4.78 is 6.54. The van der Waals surface area contributed by atoms with Gasteiger partial charge in [-0.05, 0) is 132 Å². The molecule has 0 amide bonds. The molecule has 60 heavy (non-hydrogen) atoms. The van der Waals surface area contributed by atoms with Crippen LogP contribution in [0.2, 0.25) is 0 Å². The molecule has 11 aromatic carbocycles. The Morgan fingerprint density at radius 2 is 0.750 bits per heavy atom. The average Bonchev–Trinajstić information content (AvgIpc) is 3.72. The molecule has 0 atom stereocenters. The fraction of sp³-hybridized carbons (Fsp3) is 0. The van der Waals surface area contributed by atoms with Crippen molar-refractivity contribution < 1.29 is 4.42 Å². The molecule has 0 spiro atoms. The summed E-state index contributed by atoms with van der Waals surface area (Å²) in [5, 5.41) is 12.2. The number of rotatable bonds is 6. The zero-order chi connectivity index (χ0) is 39.6. The van der Waals surface area contributed by atoms with Gasteiger partial charge in [0.05, 0.1) is 0 Å². The molecular weight excluding hydrogens is 727 g/mol. The summed E-state index contributed by atoms with van der Waals surface area (Å²) in [7, 11) is 0. The molecule has 0 aliphatic rings. The molecule has 0 unspecified atom stereocenters. The van der Waals surface area contributed by atoms with E-state index in [1.54, 1.807) is 0 Å². The smallest absolute Gasteiger partial charge is 0.143 e. The minimum atomic E-state index is 0.899. The van der Waals surface area contributed by atoms with Gasteiger partial charge in [-0.1, -0.05) is 164 Å². The standard InChI is InChI=1S/C58H37NO/c1-2-11-44-36-45(18-16-38(44)8-1)39-20-28-48(29-21-39)59(49-30-22-40(23-31-49)46-27-34-52-47(37-46)19-17-41-9-3-5-12-51(41)52)50-32-24-43(25-33-50)53-14-7-15-56-57(53)55-35-26-42-10-4-6-13-54(42)58(55)60-56/h1-37H. The molecule has 1 heterocycles. The Bertz CT molecular complexity index is 3580. The van der Waals surface area contributed by atoms with Crippen LogP contribution < -0.4 is 4.90 Å². The largest absolute Gasteiger partial charge is 0.455 e. The second-order valence-corrected chi connectivity index (χ2v) is 15.7. The predicted molar refractivity (Wildman–Crippen MR) is 255 cm³/mol. The average molecular weight is 764 g/mol. The highest BCUT2D eigenvalue weighted by molar-refractivity contribution is 6.19. The lowest BCUT2D eigenvalue weighted by molar-refractivity contribution is 0.673. The molecule has 0 aliphatic carbocycles. The molecule has 0 saturated carbocycles. The molecular formula is C58H37NO. The van der Waals surface area contributed by atoms with E-state index in [9.17, 15) is 0 Å². The quantitative estimate of drug-likeness (QED) is 0.157. The van der Waals surface area contributed by atoms with E-state index in [-0.39, 0.29) is 0 Å². The Balaban J connectivity index is 0.936. The first-order valence-corrected chi connectivity index (χ1v) is 20.6. The van der Waals surface area contributed by atoms with Crippen molar-refractivity contribution in [2.45, 2.75) is 0 Å². The molecule has 2 nitrogen and oxygen atoms in total. The van der Waals surface area contributed by atoms with Crippen molar-refractivity contribution >= 4 is 82.1 Å². The predicted octanol–water partition coefficient (Wildman–Crippen LogP) is 16.7. The summed E-state index contributed by atoms with van der Waals surface area (Å²) in [5.74, 6) is 0. The summed E-state index contributed by atoms with van der Waals surface area (Å²) in [4.78, 5) is 2.35. The van der Waals surface area contributed by atoms with Crippen LogP contribution in [-0.2, 0) is 0 Å². The number of hydrogen-bond donors (Lipinski definition) is 0. The van der Waals surface area contributed by atoms with E-state index in [0.29, 0.717) is 0 Å². The minimum absolute atomic E-state index is 0.899. The van der Waals surface area contributed by atoms with Gasteiger partial charge in [0.1, 0.15) is 11.2 Å². The summed E-state index contributed by atoms with van der Waals surface area (Å²) >= 11 is 0. The Kier molecular flexibility index (Phi) is 7.89. The topological polar surface area (TPSA) is 16.4 Å². The lowest BCUT2D eigenvalue weighted by Gasteiger charge is -2.26. The van der Waals surface area contributed by atoms with Gasteiger partial charge in [0.2, 0.25) is 0 Å². The van der Waals surface area contributed by atoms with E-state index in [4.69, 9.17) is 4.42 Å². The van der Waals surface area contributed by atoms with Crippen LogP contribution in [-0.4, -0.2) is 0 Å². The van der Waals surface area contributed by atoms with E-state index in [1.807, 2.05) is 0 Å². The van der Waals surface area contributed by atoms with E-state index in [2.05, 4.69) is 229 Å². The minimum Gasteiger partial charge on any atom is -0.455 e. The van der Waals surface area contributed by atoms with Gasteiger partial charge in [-0.25, -0.2) is 0 Å². The van der Waals surface area contributed by atoms with Gasteiger partial charge >= 0.3 is 0 Å². The van der Waals surface area contributed by atoms with Crippen LogP contribution in [0.15, 0.2) is 229 Å². The van der Waals surface area contributed by atoms with Gasteiger partial charge in [0.25, 0.3) is 0 Å². The van der Waals surface area contributed by atoms with Crippen molar-refractivity contribution in [1.82, 2.24) is 0 Å². The molecule has 0 radical (unpaired) electrons. The number of fused-ring (bicyclic) bond motifs is 9. The van der Waals surface area contributed by atoms with Gasteiger partial charge < -0.3 is 9.32 Å². The van der Waals surface area contributed by atoms with Crippen molar-refractivity contribution in [2.75, 3.05) is 4.90 Å². The number of benzene rings is 11. The van der Waals surface area contributed by atoms with Crippen molar-refractivity contribution in [3.8, 4) is 33.4 Å². The zero-order valence-electron chi connectivity index (χ0n) is 32.7. The number of anilines is 3. The number of furan rings is 1. The van der Waals surface area contributed by atoms with Crippen LogP contribution in [0.4, 0.5) is 17.1 Å². The maximum absolute atomic E-state index is 6.54. The van der Waals surface area contributed by atoms with E-state index < -0.39 is 0 Å². The van der Waals surface area contributed by atoms with Crippen LogP contribution >= 0.6 is 0 Å². The Morgan fingerprint density at radius 3 is 1.45 bits per heavy atom. The van der Waals surface area contributed by atoms with Gasteiger partial charge in [0.15, 0.2) is 0 Å². The molecule has 0 fully saturated rings. The highest BCUT2D eigenvalue weighted by Gasteiger charge is 2.17. The number of hydrogen-bond acceptors (Lipinski definition) is 2. The second-order valence-electron chi connectivity index (χ2n) is 15.7. The van der Waals surface area contributed by atoms with Gasteiger partial charge in [-0.2, -0.15) is 0 Å².